The van der Waals surface area contributed by atoms with Crippen LogP contribution in [0.1, 0.15) is 24.6 Å². The number of carbonyl (C=O) groups excluding carboxylic acids is 1. The van der Waals surface area contributed by atoms with Crippen molar-refractivity contribution in [1.29, 1.82) is 0 Å². The summed E-state index contributed by atoms with van der Waals surface area (Å²) in [5.74, 6) is -0.357. The van der Waals surface area contributed by atoms with E-state index >= 15 is 0 Å². The number of carbonyl (C=O) groups is 1. The number of aromatic nitrogens is 4. The van der Waals surface area contributed by atoms with E-state index in [1.54, 1.807) is 6.20 Å². The molecule has 0 radical (unpaired) electrons. The van der Waals surface area contributed by atoms with E-state index in [4.69, 9.17) is 0 Å². The molecule has 22 heavy (non-hydrogen) atoms. The van der Waals surface area contributed by atoms with E-state index in [0.717, 1.165) is 17.8 Å². The van der Waals surface area contributed by atoms with Crippen LogP contribution in [0, 0.1) is 17.0 Å². The number of nitro groups is 1. The van der Waals surface area contributed by atoms with Crippen molar-refractivity contribution in [2.75, 3.05) is 0 Å². The summed E-state index contributed by atoms with van der Waals surface area (Å²) in [7, 11) is 0. The highest BCUT2D eigenvalue weighted by Gasteiger charge is 2.12. The summed E-state index contributed by atoms with van der Waals surface area (Å²) < 4.78 is 3.25. The average Bonchev–Trinajstić information content (AvgIpc) is 3.10. The molecule has 1 amide bonds. The first-order chi connectivity index (χ1) is 10.5. The van der Waals surface area contributed by atoms with Gasteiger partial charge in [-0.15, -0.1) is 0 Å². The van der Waals surface area contributed by atoms with Crippen LogP contribution in [-0.2, 0) is 24.4 Å². The van der Waals surface area contributed by atoms with Crippen LogP contribution in [0.5, 0.6) is 0 Å². The Hall–Kier alpha value is -2.71. The van der Waals surface area contributed by atoms with Gasteiger partial charge in [0.2, 0.25) is 5.91 Å². The number of amides is 1. The van der Waals surface area contributed by atoms with Gasteiger partial charge in [0.25, 0.3) is 0 Å². The predicted octanol–water partition coefficient (Wildman–Crippen LogP) is 1.02. The van der Waals surface area contributed by atoms with E-state index in [-0.39, 0.29) is 18.1 Å². The molecule has 0 saturated carbocycles. The first-order valence-electron chi connectivity index (χ1n) is 6.97. The van der Waals surface area contributed by atoms with E-state index in [1.165, 1.54) is 16.9 Å². The molecule has 1 N–H and O–H groups in total. The fraction of sp³-hybridized carbons (Fsp3) is 0.462. The number of aryl methyl sites for hydroxylation is 2. The fourth-order valence-electron chi connectivity index (χ4n) is 2.05. The highest BCUT2D eigenvalue weighted by Crippen LogP contribution is 2.07. The summed E-state index contributed by atoms with van der Waals surface area (Å²) in [6.07, 6.45) is 3.44. The fourth-order valence-corrected chi connectivity index (χ4v) is 2.05. The maximum atomic E-state index is 11.8. The van der Waals surface area contributed by atoms with E-state index < -0.39 is 4.92 Å². The first kappa shape index (κ1) is 15.7. The van der Waals surface area contributed by atoms with Gasteiger partial charge in [-0.05, 0) is 18.8 Å². The lowest BCUT2D eigenvalue weighted by Gasteiger charge is -2.05. The predicted molar refractivity (Wildman–Crippen MR) is 78.0 cm³/mol. The number of rotatable bonds is 7. The third kappa shape index (κ3) is 3.68. The molecule has 0 fully saturated rings. The van der Waals surface area contributed by atoms with Crippen molar-refractivity contribution < 1.29 is 9.72 Å². The van der Waals surface area contributed by atoms with Crippen LogP contribution in [0.15, 0.2) is 18.5 Å². The maximum Gasteiger partial charge on any atom is 0.389 e. The molecule has 0 aliphatic heterocycles. The third-order valence-electron chi connectivity index (χ3n) is 3.36. The Morgan fingerprint density at radius 1 is 1.50 bits per heavy atom. The van der Waals surface area contributed by atoms with E-state index in [9.17, 15) is 14.9 Å². The number of nitrogens with zero attached hydrogens (tertiary/aromatic N) is 5. The standard InChI is InChI=1S/C13H18N6O3/c1-3-18-10(2)11(9-15-18)8-14-13(20)5-7-17-6-4-12(16-17)19(21)22/h4,6,9H,3,5,7-8H2,1-2H3,(H,14,20). The number of hydrogen-bond donors (Lipinski definition) is 1. The van der Waals surface area contributed by atoms with Gasteiger partial charge in [0.15, 0.2) is 0 Å². The molecule has 118 valence electrons. The Morgan fingerprint density at radius 3 is 2.86 bits per heavy atom. The van der Waals surface area contributed by atoms with Crippen molar-refractivity contribution in [3.63, 3.8) is 0 Å². The quantitative estimate of drug-likeness (QED) is 0.607. The zero-order valence-corrected chi connectivity index (χ0v) is 12.5. The van der Waals surface area contributed by atoms with E-state index in [1.807, 2.05) is 18.5 Å². The molecule has 2 aromatic rings. The zero-order valence-electron chi connectivity index (χ0n) is 12.5. The van der Waals surface area contributed by atoms with Gasteiger partial charge in [0.1, 0.15) is 0 Å². The van der Waals surface area contributed by atoms with E-state index in [2.05, 4.69) is 15.5 Å². The molecule has 0 saturated heterocycles. The lowest BCUT2D eigenvalue weighted by molar-refractivity contribution is -0.389. The van der Waals surface area contributed by atoms with Gasteiger partial charge < -0.3 is 15.4 Å². The second kappa shape index (κ2) is 6.83. The lowest BCUT2D eigenvalue weighted by Crippen LogP contribution is -2.24. The Morgan fingerprint density at radius 2 is 2.27 bits per heavy atom. The topological polar surface area (TPSA) is 108 Å². The summed E-state index contributed by atoms with van der Waals surface area (Å²) in [6, 6.07) is 1.31. The minimum Gasteiger partial charge on any atom is -0.358 e. The van der Waals surface area contributed by atoms with Crippen molar-refractivity contribution >= 4 is 11.7 Å². The van der Waals surface area contributed by atoms with Gasteiger partial charge in [-0.1, -0.05) is 0 Å². The Labute approximate surface area is 127 Å². The van der Waals surface area contributed by atoms with Crippen molar-refractivity contribution in [3.8, 4) is 0 Å². The largest absolute Gasteiger partial charge is 0.389 e. The van der Waals surface area contributed by atoms with Gasteiger partial charge in [0, 0.05) is 30.8 Å². The highest BCUT2D eigenvalue weighted by atomic mass is 16.6. The van der Waals surface area contributed by atoms with Crippen molar-refractivity contribution in [1.82, 2.24) is 24.9 Å². The molecule has 9 nitrogen and oxygen atoms in total. The van der Waals surface area contributed by atoms with Crippen LogP contribution in [0.25, 0.3) is 0 Å². The van der Waals surface area contributed by atoms with Gasteiger partial charge >= 0.3 is 5.82 Å². The van der Waals surface area contributed by atoms with Crippen molar-refractivity contribution in [3.05, 3.63) is 39.8 Å². The molecule has 0 aliphatic carbocycles. The molecule has 0 unspecified atom stereocenters. The molecule has 0 aliphatic rings. The van der Waals surface area contributed by atoms with Crippen LogP contribution in [0.4, 0.5) is 5.82 Å². The Bertz CT molecular complexity index is 675. The monoisotopic (exact) mass is 306 g/mol. The molecule has 9 heteroatoms. The normalized spacial score (nSPS) is 10.6. The third-order valence-corrected chi connectivity index (χ3v) is 3.36. The van der Waals surface area contributed by atoms with Gasteiger partial charge in [-0.2, -0.15) is 9.78 Å². The molecule has 2 heterocycles. The maximum absolute atomic E-state index is 11.8. The Balaban J connectivity index is 1.80. The van der Waals surface area contributed by atoms with E-state index in [0.29, 0.717) is 13.1 Å². The molecule has 0 spiro atoms. The summed E-state index contributed by atoms with van der Waals surface area (Å²) in [4.78, 5) is 21.8. The van der Waals surface area contributed by atoms with Gasteiger partial charge in [0.05, 0.1) is 30.1 Å². The highest BCUT2D eigenvalue weighted by molar-refractivity contribution is 5.75. The second-order valence-corrected chi connectivity index (χ2v) is 4.79. The van der Waals surface area contributed by atoms with Crippen LogP contribution in [-0.4, -0.2) is 30.4 Å². The summed E-state index contributed by atoms with van der Waals surface area (Å²) >= 11 is 0. The molecular weight excluding hydrogens is 288 g/mol. The van der Waals surface area contributed by atoms with Crippen LogP contribution >= 0.6 is 0 Å². The summed E-state index contributed by atoms with van der Waals surface area (Å²) in [5, 5.41) is 21.3. The second-order valence-electron chi connectivity index (χ2n) is 4.79. The number of nitrogens with one attached hydrogen (secondary N) is 1. The van der Waals surface area contributed by atoms with Gasteiger partial charge in [-0.3, -0.25) is 9.48 Å². The minimum atomic E-state index is -0.565. The summed E-state index contributed by atoms with van der Waals surface area (Å²) in [5.41, 5.74) is 2.01. The SMILES string of the molecule is CCn1ncc(CNC(=O)CCn2ccc([N+](=O)[O-])n2)c1C. The van der Waals surface area contributed by atoms with Gasteiger partial charge in [-0.25, -0.2) is 0 Å². The summed E-state index contributed by atoms with van der Waals surface area (Å²) in [6.45, 7) is 5.47. The van der Waals surface area contributed by atoms with Crippen molar-refractivity contribution in [2.24, 2.45) is 0 Å². The molecule has 2 rings (SSSR count). The molecular formula is C13H18N6O3. The van der Waals surface area contributed by atoms with Crippen LogP contribution in [0.2, 0.25) is 0 Å². The minimum absolute atomic E-state index is 0.137. The Kier molecular flexibility index (Phi) is 4.87. The van der Waals surface area contributed by atoms with Crippen LogP contribution < -0.4 is 5.32 Å². The molecule has 0 atom stereocenters. The molecule has 0 aromatic carbocycles. The first-order valence-corrected chi connectivity index (χ1v) is 6.97. The van der Waals surface area contributed by atoms with Crippen molar-refractivity contribution in [2.45, 2.75) is 39.9 Å². The molecule has 0 bridgehead atoms. The number of hydrogen-bond acceptors (Lipinski definition) is 5. The average molecular weight is 306 g/mol. The lowest BCUT2D eigenvalue weighted by atomic mass is 10.2. The smallest absolute Gasteiger partial charge is 0.358 e. The zero-order chi connectivity index (χ0) is 16.1. The molecule has 2 aromatic heterocycles. The van der Waals surface area contributed by atoms with Crippen LogP contribution in [0.3, 0.4) is 0 Å².